The van der Waals surface area contributed by atoms with E-state index < -0.39 is 0 Å². The Labute approximate surface area is 163 Å². The van der Waals surface area contributed by atoms with Gasteiger partial charge in [0.25, 0.3) is 0 Å². The first-order valence-corrected chi connectivity index (χ1v) is 8.96. The molecule has 1 aromatic heterocycles. The van der Waals surface area contributed by atoms with E-state index in [1.807, 2.05) is 54.6 Å². The van der Waals surface area contributed by atoms with Crippen LogP contribution in [0.5, 0.6) is 5.75 Å². The SMILES string of the molecule is Oc1ccc(CCNc2nc(Cl)nc(NC/C=C/c3ccccc3)n2)cc1. The zero-order chi connectivity index (χ0) is 18.9. The second kappa shape index (κ2) is 9.54. The van der Waals surface area contributed by atoms with Gasteiger partial charge in [0, 0.05) is 13.1 Å². The molecule has 0 saturated carbocycles. The van der Waals surface area contributed by atoms with Gasteiger partial charge >= 0.3 is 0 Å². The Kier molecular flexibility index (Phi) is 6.60. The van der Waals surface area contributed by atoms with Crippen molar-refractivity contribution in [3.05, 3.63) is 77.1 Å². The fourth-order valence-corrected chi connectivity index (χ4v) is 2.56. The number of aromatic nitrogens is 3. The minimum absolute atomic E-state index is 0.131. The number of anilines is 2. The summed E-state index contributed by atoms with van der Waals surface area (Å²) in [5.41, 5.74) is 2.23. The van der Waals surface area contributed by atoms with Gasteiger partial charge in [-0.15, -0.1) is 0 Å². The molecule has 3 aromatic rings. The fourth-order valence-electron chi connectivity index (χ4n) is 2.40. The highest BCUT2D eigenvalue weighted by molar-refractivity contribution is 6.28. The van der Waals surface area contributed by atoms with Crippen LogP contribution in [0, 0.1) is 0 Å². The van der Waals surface area contributed by atoms with Gasteiger partial charge < -0.3 is 15.7 Å². The summed E-state index contributed by atoms with van der Waals surface area (Å²) in [7, 11) is 0. The van der Waals surface area contributed by atoms with E-state index in [0.29, 0.717) is 25.0 Å². The van der Waals surface area contributed by atoms with E-state index in [0.717, 1.165) is 17.5 Å². The predicted molar refractivity (Wildman–Crippen MR) is 109 cm³/mol. The lowest BCUT2D eigenvalue weighted by Crippen LogP contribution is -2.11. The Bertz CT molecular complexity index is 885. The standard InChI is InChI=1S/C20H20ClN5O/c21-18-24-19(22-13-4-7-15-5-2-1-3-6-15)26-20(25-18)23-14-12-16-8-10-17(27)11-9-16/h1-11,27H,12-14H2,(H2,22,23,24,25,26)/b7-4+. The first kappa shape index (κ1) is 18.7. The van der Waals surface area contributed by atoms with Crippen molar-refractivity contribution in [2.75, 3.05) is 23.7 Å². The van der Waals surface area contributed by atoms with Gasteiger partial charge in [-0.05, 0) is 41.3 Å². The van der Waals surface area contributed by atoms with E-state index in [1.165, 1.54) is 0 Å². The molecule has 0 fully saturated rings. The molecule has 0 aliphatic rings. The fraction of sp³-hybridized carbons (Fsp3) is 0.150. The van der Waals surface area contributed by atoms with Crippen LogP contribution in [0.3, 0.4) is 0 Å². The number of benzene rings is 2. The molecule has 2 aromatic carbocycles. The van der Waals surface area contributed by atoms with E-state index in [1.54, 1.807) is 12.1 Å². The summed E-state index contributed by atoms with van der Waals surface area (Å²) in [5.74, 6) is 1.09. The molecular formula is C20H20ClN5O. The van der Waals surface area contributed by atoms with E-state index in [9.17, 15) is 5.11 Å². The molecule has 0 bridgehead atoms. The second-order valence-corrected chi connectivity index (χ2v) is 6.13. The molecule has 0 aliphatic carbocycles. The number of phenols is 1. The first-order valence-electron chi connectivity index (χ1n) is 8.58. The quantitative estimate of drug-likeness (QED) is 0.546. The molecule has 3 N–H and O–H groups in total. The van der Waals surface area contributed by atoms with Crippen LogP contribution in [0.4, 0.5) is 11.9 Å². The van der Waals surface area contributed by atoms with Crippen LogP contribution in [0.1, 0.15) is 11.1 Å². The Morgan fingerprint density at radius 2 is 1.59 bits per heavy atom. The van der Waals surface area contributed by atoms with Crippen LogP contribution in [0.2, 0.25) is 5.28 Å². The van der Waals surface area contributed by atoms with Crippen LogP contribution in [-0.4, -0.2) is 33.1 Å². The normalized spacial score (nSPS) is 10.9. The number of aromatic hydroxyl groups is 1. The van der Waals surface area contributed by atoms with Crippen LogP contribution >= 0.6 is 11.6 Å². The van der Waals surface area contributed by atoms with Crippen molar-refractivity contribution in [2.24, 2.45) is 0 Å². The second-order valence-electron chi connectivity index (χ2n) is 5.79. The lowest BCUT2D eigenvalue weighted by Gasteiger charge is -2.07. The smallest absolute Gasteiger partial charge is 0.229 e. The van der Waals surface area contributed by atoms with Crippen molar-refractivity contribution in [3.8, 4) is 5.75 Å². The average molecular weight is 382 g/mol. The van der Waals surface area contributed by atoms with Gasteiger partial charge in [-0.2, -0.15) is 15.0 Å². The zero-order valence-electron chi connectivity index (χ0n) is 14.6. The maximum absolute atomic E-state index is 9.31. The Hall–Kier alpha value is -3.12. The summed E-state index contributed by atoms with van der Waals surface area (Å²) in [6, 6.07) is 17.1. The summed E-state index contributed by atoms with van der Waals surface area (Å²) < 4.78 is 0. The van der Waals surface area contributed by atoms with Gasteiger partial charge in [-0.3, -0.25) is 0 Å². The predicted octanol–water partition coefficient (Wildman–Crippen LogP) is 4.01. The van der Waals surface area contributed by atoms with Crippen LogP contribution < -0.4 is 10.6 Å². The number of hydrogen-bond acceptors (Lipinski definition) is 6. The van der Waals surface area contributed by atoms with E-state index >= 15 is 0 Å². The van der Waals surface area contributed by atoms with Gasteiger partial charge in [-0.1, -0.05) is 54.6 Å². The van der Waals surface area contributed by atoms with E-state index in [4.69, 9.17) is 11.6 Å². The van der Waals surface area contributed by atoms with Crippen molar-refractivity contribution >= 4 is 29.6 Å². The van der Waals surface area contributed by atoms with Crippen molar-refractivity contribution in [2.45, 2.75) is 6.42 Å². The Morgan fingerprint density at radius 1 is 0.889 bits per heavy atom. The molecule has 138 valence electrons. The molecule has 0 atom stereocenters. The summed E-state index contributed by atoms with van der Waals surface area (Å²) in [5, 5.41) is 15.7. The highest BCUT2D eigenvalue weighted by atomic mass is 35.5. The molecule has 6 nitrogen and oxygen atoms in total. The minimum atomic E-state index is 0.131. The largest absolute Gasteiger partial charge is 0.508 e. The molecule has 0 saturated heterocycles. The number of halogens is 1. The first-order chi connectivity index (χ1) is 13.2. The maximum Gasteiger partial charge on any atom is 0.229 e. The van der Waals surface area contributed by atoms with Crippen molar-refractivity contribution in [3.63, 3.8) is 0 Å². The summed E-state index contributed by atoms with van der Waals surface area (Å²) in [6.45, 7) is 1.21. The maximum atomic E-state index is 9.31. The Balaban J connectivity index is 1.51. The van der Waals surface area contributed by atoms with Crippen LogP contribution in [0.25, 0.3) is 6.08 Å². The molecule has 0 spiro atoms. The molecular weight excluding hydrogens is 362 g/mol. The van der Waals surface area contributed by atoms with E-state index in [-0.39, 0.29) is 11.0 Å². The molecule has 1 heterocycles. The molecule has 0 amide bonds. The van der Waals surface area contributed by atoms with Gasteiger partial charge in [0.1, 0.15) is 5.75 Å². The van der Waals surface area contributed by atoms with E-state index in [2.05, 4.69) is 25.6 Å². The Morgan fingerprint density at radius 3 is 2.33 bits per heavy atom. The number of rotatable bonds is 8. The van der Waals surface area contributed by atoms with Gasteiger partial charge in [0.15, 0.2) is 0 Å². The van der Waals surface area contributed by atoms with Crippen molar-refractivity contribution in [1.29, 1.82) is 0 Å². The lowest BCUT2D eigenvalue weighted by atomic mass is 10.1. The highest BCUT2D eigenvalue weighted by Gasteiger charge is 2.04. The zero-order valence-corrected chi connectivity index (χ0v) is 15.4. The average Bonchev–Trinajstić information content (AvgIpc) is 2.67. The monoisotopic (exact) mass is 381 g/mol. The summed E-state index contributed by atoms with van der Waals surface area (Å²) >= 11 is 5.98. The third kappa shape index (κ3) is 6.27. The summed E-state index contributed by atoms with van der Waals surface area (Å²) in [6.07, 6.45) is 4.78. The third-order valence-corrected chi connectivity index (χ3v) is 3.90. The number of nitrogens with zero attached hydrogens (tertiary/aromatic N) is 3. The van der Waals surface area contributed by atoms with Crippen LogP contribution in [-0.2, 0) is 6.42 Å². The van der Waals surface area contributed by atoms with Crippen molar-refractivity contribution in [1.82, 2.24) is 15.0 Å². The molecule has 0 unspecified atom stereocenters. The molecule has 0 aliphatic heterocycles. The molecule has 3 rings (SSSR count). The number of phenolic OH excluding ortho intramolecular Hbond substituents is 1. The third-order valence-electron chi connectivity index (χ3n) is 3.73. The summed E-state index contributed by atoms with van der Waals surface area (Å²) in [4.78, 5) is 12.5. The topological polar surface area (TPSA) is 83.0 Å². The minimum Gasteiger partial charge on any atom is -0.508 e. The van der Waals surface area contributed by atoms with Gasteiger partial charge in [-0.25, -0.2) is 0 Å². The van der Waals surface area contributed by atoms with Gasteiger partial charge in [0.05, 0.1) is 0 Å². The van der Waals surface area contributed by atoms with Gasteiger partial charge in [0.2, 0.25) is 17.2 Å². The lowest BCUT2D eigenvalue weighted by molar-refractivity contribution is 0.475. The van der Waals surface area contributed by atoms with Crippen molar-refractivity contribution < 1.29 is 5.11 Å². The van der Waals surface area contributed by atoms with Crippen LogP contribution in [0.15, 0.2) is 60.7 Å². The highest BCUT2D eigenvalue weighted by Crippen LogP contribution is 2.12. The molecule has 27 heavy (non-hydrogen) atoms. The number of nitrogens with one attached hydrogen (secondary N) is 2. The molecule has 7 heteroatoms. The molecule has 0 radical (unpaired) electrons. The number of hydrogen-bond donors (Lipinski definition) is 3.